The third kappa shape index (κ3) is 4.00. The van der Waals surface area contributed by atoms with Gasteiger partial charge in [-0.3, -0.25) is 0 Å². The van der Waals surface area contributed by atoms with Crippen LogP contribution in [0.2, 0.25) is 0 Å². The van der Waals surface area contributed by atoms with Crippen molar-refractivity contribution in [3.63, 3.8) is 0 Å². The summed E-state index contributed by atoms with van der Waals surface area (Å²) in [6.45, 7) is 2.77. The second-order valence-corrected chi connectivity index (χ2v) is 7.89. The van der Waals surface area contributed by atoms with Crippen LogP contribution in [0.1, 0.15) is 18.9 Å². The van der Waals surface area contributed by atoms with Crippen molar-refractivity contribution in [2.45, 2.75) is 25.9 Å². The zero-order valence-corrected chi connectivity index (χ0v) is 14.3. The first-order valence-electron chi connectivity index (χ1n) is 7.63. The molecule has 1 aromatic carbocycles. The molecule has 1 saturated heterocycles. The van der Waals surface area contributed by atoms with Crippen molar-refractivity contribution in [1.82, 2.24) is 4.31 Å². The summed E-state index contributed by atoms with van der Waals surface area (Å²) in [5.41, 5.74) is 1.17. The van der Waals surface area contributed by atoms with Gasteiger partial charge >= 0.3 is 0 Å². The Bertz CT molecular complexity index is 570. The fraction of sp³-hybridized carbons (Fsp3) is 0.625. The van der Waals surface area contributed by atoms with Crippen LogP contribution in [-0.4, -0.2) is 51.9 Å². The molecule has 1 aliphatic rings. The first-order chi connectivity index (χ1) is 10.5. The van der Waals surface area contributed by atoms with Crippen LogP contribution in [0.4, 0.5) is 0 Å². The average molecular weight is 327 g/mol. The van der Waals surface area contributed by atoms with E-state index in [4.69, 9.17) is 9.47 Å². The number of nitrogens with zero attached hydrogens (tertiary/aromatic N) is 1. The average Bonchev–Trinajstić information content (AvgIpc) is 2.55. The predicted octanol–water partition coefficient (Wildman–Crippen LogP) is 1.92. The molecule has 0 radical (unpaired) electrons. The van der Waals surface area contributed by atoms with Crippen LogP contribution < -0.4 is 4.74 Å². The van der Waals surface area contributed by atoms with E-state index in [1.165, 1.54) is 5.56 Å². The molecule has 0 unspecified atom stereocenters. The van der Waals surface area contributed by atoms with Crippen molar-refractivity contribution >= 4 is 10.0 Å². The summed E-state index contributed by atoms with van der Waals surface area (Å²) in [5.74, 6) is 1.15. The summed E-state index contributed by atoms with van der Waals surface area (Å²) < 4.78 is 36.5. The summed E-state index contributed by atoms with van der Waals surface area (Å²) in [6.07, 6.45) is 1.65. The van der Waals surface area contributed by atoms with Crippen LogP contribution in [0.3, 0.4) is 0 Å². The summed E-state index contributed by atoms with van der Waals surface area (Å²) >= 11 is 0. The molecular formula is C16H25NO4S. The van der Waals surface area contributed by atoms with Crippen molar-refractivity contribution in [2.75, 3.05) is 33.1 Å². The van der Waals surface area contributed by atoms with Gasteiger partial charge in [0.1, 0.15) is 5.75 Å². The fourth-order valence-electron chi connectivity index (χ4n) is 2.98. The Labute approximate surface area is 133 Å². The van der Waals surface area contributed by atoms with Gasteiger partial charge in [-0.1, -0.05) is 12.1 Å². The van der Waals surface area contributed by atoms with Gasteiger partial charge in [0.2, 0.25) is 10.0 Å². The molecule has 6 heteroatoms. The minimum absolute atomic E-state index is 0.102. The van der Waals surface area contributed by atoms with Crippen LogP contribution in [0.25, 0.3) is 0 Å². The molecule has 0 amide bonds. The lowest BCUT2D eigenvalue weighted by atomic mass is 9.89. The second-order valence-electron chi connectivity index (χ2n) is 5.63. The molecule has 124 valence electrons. The molecular weight excluding hydrogens is 302 g/mol. The van der Waals surface area contributed by atoms with Crippen molar-refractivity contribution in [2.24, 2.45) is 5.92 Å². The normalized spacial score (nSPS) is 23.4. The monoisotopic (exact) mass is 327 g/mol. The zero-order chi connectivity index (χ0) is 16.2. The lowest BCUT2D eigenvalue weighted by Crippen LogP contribution is -2.47. The number of hydrogen-bond donors (Lipinski definition) is 0. The second kappa shape index (κ2) is 7.44. The van der Waals surface area contributed by atoms with Gasteiger partial charge in [0, 0.05) is 26.1 Å². The van der Waals surface area contributed by atoms with E-state index in [1.807, 2.05) is 24.3 Å². The largest absolute Gasteiger partial charge is 0.497 e. The number of sulfonamides is 1. The number of ether oxygens (including phenoxy) is 2. The van der Waals surface area contributed by atoms with Crippen molar-refractivity contribution in [3.8, 4) is 5.75 Å². The molecule has 1 fully saturated rings. The Kier molecular flexibility index (Phi) is 5.83. The molecule has 0 bridgehead atoms. The molecule has 2 atom stereocenters. The third-order valence-electron chi connectivity index (χ3n) is 4.34. The van der Waals surface area contributed by atoms with E-state index in [-0.39, 0.29) is 17.8 Å². The van der Waals surface area contributed by atoms with Crippen LogP contribution in [0, 0.1) is 5.92 Å². The maximum Gasteiger partial charge on any atom is 0.213 e. The summed E-state index contributed by atoms with van der Waals surface area (Å²) in [4.78, 5) is 0. The lowest BCUT2D eigenvalue weighted by Gasteiger charge is -2.37. The molecule has 0 aliphatic carbocycles. The fourth-order valence-corrected chi connectivity index (χ4v) is 4.15. The first kappa shape index (κ1) is 17.2. The molecule has 0 N–H and O–H groups in total. The number of benzene rings is 1. The molecule has 5 nitrogen and oxygen atoms in total. The first-order valence-corrected chi connectivity index (χ1v) is 9.24. The summed E-state index contributed by atoms with van der Waals surface area (Å²) in [7, 11) is 0.216. The number of rotatable bonds is 6. The van der Waals surface area contributed by atoms with Crippen LogP contribution in [0.5, 0.6) is 5.75 Å². The van der Waals surface area contributed by atoms with Gasteiger partial charge in [0.15, 0.2) is 0 Å². The Hall–Kier alpha value is -1.11. The molecule has 0 saturated carbocycles. The number of piperidine rings is 1. The van der Waals surface area contributed by atoms with E-state index >= 15 is 0 Å². The van der Waals surface area contributed by atoms with E-state index < -0.39 is 10.0 Å². The minimum Gasteiger partial charge on any atom is -0.497 e. The minimum atomic E-state index is -3.13. The molecule has 2 rings (SSSR count). The van der Waals surface area contributed by atoms with Crippen LogP contribution >= 0.6 is 0 Å². The lowest BCUT2D eigenvalue weighted by molar-refractivity contribution is 0.0131. The Morgan fingerprint density at radius 3 is 2.45 bits per heavy atom. The van der Waals surface area contributed by atoms with E-state index in [9.17, 15) is 8.42 Å². The topological polar surface area (TPSA) is 55.8 Å². The highest BCUT2D eigenvalue weighted by Crippen LogP contribution is 2.26. The Balaban J connectivity index is 2.10. The van der Waals surface area contributed by atoms with Crippen molar-refractivity contribution in [1.29, 1.82) is 0 Å². The molecule has 1 aromatic rings. The zero-order valence-electron chi connectivity index (χ0n) is 13.5. The van der Waals surface area contributed by atoms with E-state index in [2.05, 4.69) is 0 Å². The van der Waals surface area contributed by atoms with Gasteiger partial charge in [-0.15, -0.1) is 0 Å². The van der Waals surface area contributed by atoms with Gasteiger partial charge in [-0.05, 0) is 37.5 Å². The highest BCUT2D eigenvalue weighted by molar-refractivity contribution is 7.89. The SMILES string of the molecule is CCS(=O)(=O)N1CC[C@H](OC)[C@H](Cc2ccc(OC)cc2)C1. The summed E-state index contributed by atoms with van der Waals surface area (Å²) in [5, 5.41) is 0. The standard InChI is InChI=1S/C16H25NO4S/c1-4-22(18,19)17-10-9-16(21-3)14(12-17)11-13-5-7-15(20-2)8-6-13/h5-8,14,16H,4,9-12H2,1-3H3/t14-,16+/m1/s1. The van der Waals surface area contributed by atoms with E-state index in [0.717, 1.165) is 18.6 Å². The van der Waals surface area contributed by atoms with Crippen LogP contribution in [-0.2, 0) is 21.2 Å². The summed E-state index contributed by atoms with van der Waals surface area (Å²) in [6, 6.07) is 7.92. The Morgan fingerprint density at radius 1 is 1.23 bits per heavy atom. The maximum absolute atomic E-state index is 12.1. The molecule has 0 spiro atoms. The van der Waals surface area contributed by atoms with E-state index in [0.29, 0.717) is 13.1 Å². The Morgan fingerprint density at radius 2 is 1.91 bits per heavy atom. The van der Waals surface area contributed by atoms with Gasteiger partial charge in [0.05, 0.1) is 19.0 Å². The maximum atomic E-state index is 12.1. The molecule has 22 heavy (non-hydrogen) atoms. The highest BCUT2D eigenvalue weighted by Gasteiger charge is 2.34. The third-order valence-corrected chi connectivity index (χ3v) is 6.19. The predicted molar refractivity (Wildman–Crippen MR) is 86.6 cm³/mol. The van der Waals surface area contributed by atoms with E-state index in [1.54, 1.807) is 25.4 Å². The van der Waals surface area contributed by atoms with Gasteiger partial charge in [-0.25, -0.2) is 12.7 Å². The van der Waals surface area contributed by atoms with Crippen molar-refractivity contribution < 1.29 is 17.9 Å². The van der Waals surface area contributed by atoms with Crippen LogP contribution in [0.15, 0.2) is 24.3 Å². The van der Waals surface area contributed by atoms with Crippen molar-refractivity contribution in [3.05, 3.63) is 29.8 Å². The molecule has 1 heterocycles. The number of methoxy groups -OCH3 is 2. The van der Waals surface area contributed by atoms with Gasteiger partial charge in [0.25, 0.3) is 0 Å². The molecule has 0 aromatic heterocycles. The van der Waals surface area contributed by atoms with Gasteiger partial charge in [-0.2, -0.15) is 0 Å². The highest BCUT2D eigenvalue weighted by atomic mass is 32.2. The number of hydrogen-bond acceptors (Lipinski definition) is 4. The van der Waals surface area contributed by atoms with Gasteiger partial charge < -0.3 is 9.47 Å². The quantitative estimate of drug-likeness (QED) is 0.801. The molecule has 1 aliphatic heterocycles. The smallest absolute Gasteiger partial charge is 0.213 e.